The summed E-state index contributed by atoms with van der Waals surface area (Å²) >= 11 is 0. The van der Waals surface area contributed by atoms with Crippen molar-refractivity contribution in [2.45, 2.75) is 26.3 Å². The zero-order valence-electron chi connectivity index (χ0n) is 17.1. The highest BCUT2D eigenvalue weighted by molar-refractivity contribution is 5.93. The number of anilines is 1. The molecule has 2 heterocycles. The molecule has 0 aromatic heterocycles. The first-order valence-corrected chi connectivity index (χ1v) is 10.4. The Morgan fingerprint density at radius 3 is 2.57 bits per heavy atom. The molecule has 3 rings (SSSR count). The van der Waals surface area contributed by atoms with Crippen LogP contribution in [0.2, 0.25) is 0 Å². The molecule has 0 radical (unpaired) electrons. The molecule has 1 aromatic carbocycles. The third-order valence-electron chi connectivity index (χ3n) is 5.74. The minimum atomic E-state index is 0.00955. The number of amides is 2. The summed E-state index contributed by atoms with van der Waals surface area (Å²) in [7, 11) is 0. The molecule has 2 fully saturated rings. The maximum absolute atomic E-state index is 12.6. The molecule has 0 spiro atoms. The van der Waals surface area contributed by atoms with Crippen LogP contribution in [0.5, 0.6) is 0 Å². The predicted octanol–water partition coefficient (Wildman–Crippen LogP) is 0.625. The highest BCUT2D eigenvalue weighted by atomic mass is 16.2. The van der Waals surface area contributed by atoms with Gasteiger partial charge >= 0.3 is 0 Å². The van der Waals surface area contributed by atoms with E-state index in [2.05, 4.69) is 34.3 Å². The fourth-order valence-corrected chi connectivity index (χ4v) is 3.89. The van der Waals surface area contributed by atoms with Crippen molar-refractivity contribution in [3.05, 3.63) is 29.8 Å². The van der Waals surface area contributed by atoms with E-state index in [1.54, 1.807) is 0 Å². The number of piperazine rings is 2. The van der Waals surface area contributed by atoms with E-state index in [0.717, 1.165) is 50.4 Å². The van der Waals surface area contributed by atoms with E-state index in [1.807, 2.05) is 29.2 Å². The van der Waals surface area contributed by atoms with Crippen molar-refractivity contribution < 1.29 is 9.59 Å². The minimum Gasteiger partial charge on any atom is -0.339 e. The average molecular weight is 388 g/mol. The average Bonchev–Trinajstić information content (AvgIpc) is 2.70. The maximum Gasteiger partial charge on any atom is 0.238 e. The number of para-hydroxylation sites is 1. The van der Waals surface area contributed by atoms with E-state index >= 15 is 0 Å². The van der Waals surface area contributed by atoms with Gasteiger partial charge in [0.15, 0.2) is 0 Å². The fraction of sp³-hybridized carbons (Fsp3) is 0.619. The topological polar surface area (TPSA) is 67.9 Å². The van der Waals surface area contributed by atoms with Gasteiger partial charge in [0.25, 0.3) is 0 Å². The Bertz CT molecular complexity index is 673. The molecule has 2 N–H and O–H groups in total. The van der Waals surface area contributed by atoms with Crippen LogP contribution in [0.25, 0.3) is 0 Å². The van der Waals surface area contributed by atoms with Crippen molar-refractivity contribution in [3.8, 4) is 0 Å². The van der Waals surface area contributed by atoms with Crippen LogP contribution < -0.4 is 10.6 Å². The second kappa shape index (κ2) is 10.0. The van der Waals surface area contributed by atoms with E-state index in [0.29, 0.717) is 32.2 Å². The van der Waals surface area contributed by atoms with Gasteiger partial charge in [0.2, 0.25) is 11.8 Å². The quantitative estimate of drug-likeness (QED) is 0.749. The van der Waals surface area contributed by atoms with Gasteiger partial charge in [0, 0.05) is 57.5 Å². The Balaban J connectivity index is 1.42. The van der Waals surface area contributed by atoms with Crippen LogP contribution in [0.3, 0.4) is 0 Å². The second-order valence-electron chi connectivity index (χ2n) is 7.74. The first kappa shape index (κ1) is 20.8. The predicted molar refractivity (Wildman–Crippen MR) is 111 cm³/mol. The van der Waals surface area contributed by atoms with Crippen molar-refractivity contribution in [2.24, 2.45) is 0 Å². The minimum absolute atomic E-state index is 0.00955. The summed E-state index contributed by atoms with van der Waals surface area (Å²) in [6.07, 6.45) is 0.892. The lowest BCUT2D eigenvalue weighted by Crippen LogP contribution is -2.56. The lowest BCUT2D eigenvalue weighted by Gasteiger charge is -2.38. The molecule has 28 heavy (non-hydrogen) atoms. The number of hydrogen-bond acceptors (Lipinski definition) is 5. The molecule has 0 bridgehead atoms. The third kappa shape index (κ3) is 5.53. The molecular weight excluding hydrogens is 354 g/mol. The van der Waals surface area contributed by atoms with Crippen LogP contribution in [0, 0.1) is 0 Å². The van der Waals surface area contributed by atoms with Crippen molar-refractivity contribution in [1.29, 1.82) is 0 Å². The van der Waals surface area contributed by atoms with Gasteiger partial charge in [-0.05, 0) is 25.0 Å². The van der Waals surface area contributed by atoms with Crippen LogP contribution in [-0.2, 0) is 16.0 Å². The molecule has 2 amide bonds. The van der Waals surface area contributed by atoms with Gasteiger partial charge in [0.1, 0.15) is 0 Å². The molecule has 0 aliphatic carbocycles. The summed E-state index contributed by atoms with van der Waals surface area (Å²) in [5, 5.41) is 6.38. The lowest BCUT2D eigenvalue weighted by molar-refractivity contribution is -0.135. The summed E-state index contributed by atoms with van der Waals surface area (Å²) in [4.78, 5) is 31.4. The van der Waals surface area contributed by atoms with Gasteiger partial charge in [0.05, 0.1) is 13.1 Å². The highest BCUT2D eigenvalue weighted by Gasteiger charge is 2.26. The summed E-state index contributed by atoms with van der Waals surface area (Å²) in [5.74, 6) is 0.213. The summed E-state index contributed by atoms with van der Waals surface area (Å²) in [6.45, 7) is 10.8. The van der Waals surface area contributed by atoms with Crippen LogP contribution in [0.15, 0.2) is 24.3 Å². The molecule has 0 saturated carbocycles. The molecular formula is C21H33N5O2. The van der Waals surface area contributed by atoms with Gasteiger partial charge in [-0.3, -0.25) is 19.4 Å². The van der Waals surface area contributed by atoms with E-state index < -0.39 is 0 Å². The van der Waals surface area contributed by atoms with Crippen molar-refractivity contribution in [1.82, 2.24) is 20.0 Å². The number of aryl methyl sites for hydroxylation is 1. The van der Waals surface area contributed by atoms with Crippen LogP contribution >= 0.6 is 0 Å². The first-order valence-electron chi connectivity index (χ1n) is 10.4. The Morgan fingerprint density at radius 2 is 1.86 bits per heavy atom. The summed E-state index contributed by atoms with van der Waals surface area (Å²) in [6, 6.07) is 8.32. The van der Waals surface area contributed by atoms with E-state index in [-0.39, 0.29) is 11.8 Å². The molecule has 0 unspecified atom stereocenters. The van der Waals surface area contributed by atoms with Gasteiger partial charge < -0.3 is 15.5 Å². The SMILES string of the molecule is CCc1ccccc1NC(=O)CN1CCN(C(=O)CN2CCNC[C@@H]2C)CC1. The number of rotatable bonds is 6. The second-order valence-corrected chi connectivity index (χ2v) is 7.74. The van der Waals surface area contributed by atoms with Crippen molar-refractivity contribution in [3.63, 3.8) is 0 Å². The fourth-order valence-electron chi connectivity index (χ4n) is 3.89. The normalized spacial score (nSPS) is 21.5. The van der Waals surface area contributed by atoms with E-state index in [1.165, 1.54) is 0 Å². The van der Waals surface area contributed by atoms with Gasteiger partial charge in [-0.15, -0.1) is 0 Å². The van der Waals surface area contributed by atoms with Crippen LogP contribution in [0.1, 0.15) is 19.4 Å². The molecule has 1 atom stereocenters. The van der Waals surface area contributed by atoms with Gasteiger partial charge in [-0.2, -0.15) is 0 Å². The number of nitrogens with one attached hydrogen (secondary N) is 2. The third-order valence-corrected chi connectivity index (χ3v) is 5.74. The molecule has 2 aliphatic heterocycles. The van der Waals surface area contributed by atoms with Gasteiger partial charge in [-0.1, -0.05) is 25.1 Å². The lowest BCUT2D eigenvalue weighted by atomic mass is 10.1. The van der Waals surface area contributed by atoms with E-state index in [4.69, 9.17) is 0 Å². The number of nitrogens with zero attached hydrogens (tertiary/aromatic N) is 3. The molecule has 154 valence electrons. The Kier molecular flexibility index (Phi) is 7.42. The Hall–Kier alpha value is -1.96. The van der Waals surface area contributed by atoms with Gasteiger partial charge in [-0.25, -0.2) is 0 Å². The zero-order valence-corrected chi connectivity index (χ0v) is 17.1. The van der Waals surface area contributed by atoms with Crippen molar-refractivity contribution >= 4 is 17.5 Å². The Labute approximate surface area is 168 Å². The number of carbonyl (C=O) groups is 2. The largest absolute Gasteiger partial charge is 0.339 e. The highest BCUT2D eigenvalue weighted by Crippen LogP contribution is 2.15. The maximum atomic E-state index is 12.6. The number of hydrogen-bond donors (Lipinski definition) is 2. The number of carbonyl (C=O) groups excluding carboxylic acids is 2. The van der Waals surface area contributed by atoms with Crippen LogP contribution in [-0.4, -0.2) is 91.5 Å². The smallest absolute Gasteiger partial charge is 0.238 e. The van der Waals surface area contributed by atoms with Crippen molar-refractivity contribution in [2.75, 3.05) is 64.2 Å². The molecule has 2 saturated heterocycles. The first-order chi connectivity index (χ1) is 13.6. The standard InChI is InChI=1S/C21H33N5O2/c1-3-18-6-4-5-7-19(18)23-20(27)15-24-10-12-25(13-11-24)21(28)16-26-9-8-22-14-17(26)2/h4-7,17,22H,3,8-16H2,1-2H3,(H,23,27)/t17-/m0/s1. The summed E-state index contributed by atoms with van der Waals surface area (Å²) in [5.41, 5.74) is 2.04. The van der Waals surface area contributed by atoms with Crippen LogP contribution in [0.4, 0.5) is 5.69 Å². The molecule has 7 heteroatoms. The zero-order chi connectivity index (χ0) is 19.9. The monoisotopic (exact) mass is 387 g/mol. The molecule has 1 aromatic rings. The molecule has 2 aliphatic rings. The summed E-state index contributed by atoms with van der Waals surface area (Å²) < 4.78 is 0. The Morgan fingerprint density at radius 1 is 1.11 bits per heavy atom. The van der Waals surface area contributed by atoms with E-state index in [9.17, 15) is 9.59 Å². The number of benzene rings is 1. The molecule has 7 nitrogen and oxygen atoms in total.